The monoisotopic (exact) mass is 450 g/mol. The summed E-state index contributed by atoms with van der Waals surface area (Å²) >= 11 is 0. The molecule has 0 aliphatic heterocycles. The molecule has 0 spiro atoms. The van der Waals surface area contributed by atoms with Gasteiger partial charge in [-0.3, -0.25) is 0 Å². The van der Waals surface area contributed by atoms with Gasteiger partial charge >= 0.3 is 6.36 Å². The van der Waals surface area contributed by atoms with E-state index in [0.29, 0.717) is 27.8 Å². The van der Waals surface area contributed by atoms with Gasteiger partial charge in [0.25, 0.3) is 0 Å². The Labute approximate surface area is 175 Å². The van der Waals surface area contributed by atoms with Crippen LogP contribution in [0.1, 0.15) is 0 Å². The van der Waals surface area contributed by atoms with Crippen LogP contribution in [0.15, 0.2) is 66.1 Å². The van der Waals surface area contributed by atoms with E-state index in [4.69, 9.17) is 0 Å². The van der Waals surface area contributed by atoms with E-state index in [0.717, 1.165) is 0 Å². The molecule has 2 aromatic heterocycles. The van der Waals surface area contributed by atoms with Gasteiger partial charge < -0.3 is 13.9 Å². The summed E-state index contributed by atoms with van der Waals surface area (Å²) in [6, 6.07) is 10.1. The maximum atomic E-state index is 12.4. The maximum Gasteiger partial charge on any atom is 0.573 e. The van der Waals surface area contributed by atoms with Crippen molar-refractivity contribution in [2.24, 2.45) is 7.05 Å². The van der Waals surface area contributed by atoms with Gasteiger partial charge in [0.15, 0.2) is 0 Å². The van der Waals surface area contributed by atoms with Crippen LogP contribution in [0.25, 0.3) is 27.8 Å². The van der Waals surface area contributed by atoms with Gasteiger partial charge in [0.2, 0.25) is 10.0 Å². The number of hydrogen-bond donors (Lipinski definition) is 1. The number of benzene rings is 2. The van der Waals surface area contributed by atoms with Crippen molar-refractivity contribution in [2.45, 2.75) is 11.3 Å². The lowest BCUT2D eigenvalue weighted by Gasteiger charge is -2.10. The molecule has 0 unspecified atom stereocenters. The normalized spacial score (nSPS) is 12.4. The van der Waals surface area contributed by atoms with Crippen LogP contribution in [0.2, 0.25) is 0 Å². The number of aryl methyl sites for hydroxylation is 1. The summed E-state index contributed by atoms with van der Waals surface area (Å²) in [5.41, 5.74) is 2.55. The number of nitrogens with one attached hydrogen (secondary N) is 1. The molecular formula is C20H17F3N4O3S. The Morgan fingerprint density at radius 3 is 2.35 bits per heavy atom. The second-order valence-corrected chi connectivity index (χ2v) is 8.65. The molecule has 11 heteroatoms. The number of ether oxygens (including phenoxy) is 1. The Morgan fingerprint density at radius 2 is 1.77 bits per heavy atom. The number of aromatic nitrogens is 3. The number of sulfonamides is 1. The molecule has 4 aromatic rings. The topological polar surface area (TPSA) is 78.2 Å². The van der Waals surface area contributed by atoms with Crippen molar-refractivity contribution in [1.82, 2.24) is 18.8 Å². The molecule has 0 aliphatic rings. The van der Waals surface area contributed by atoms with Crippen molar-refractivity contribution in [2.75, 3.05) is 7.05 Å². The average Bonchev–Trinajstić information content (AvgIpc) is 3.30. The SMILES string of the molecule is CNS(=O)(=O)c1ccc2c(c1)c(-c1cn(C)cn1)cn2-c1ccc(OC(F)(F)F)cc1. The van der Waals surface area contributed by atoms with Gasteiger partial charge in [-0.15, -0.1) is 13.2 Å². The van der Waals surface area contributed by atoms with E-state index in [2.05, 4.69) is 14.4 Å². The van der Waals surface area contributed by atoms with Gasteiger partial charge in [0, 0.05) is 36.1 Å². The van der Waals surface area contributed by atoms with Crippen LogP contribution in [-0.2, 0) is 17.1 Å². The first-order valence-corrected chi connectivity index (χ1v) is 10.5. The van der Waals surface area contributed by atoms with Gasteiger partial charge in [0.1, 0.15) is 5.75 Å². The lowest BCUT2D eigenvalue weighted by molar-refractivity contribution is -0.274. The third kappa shape index (κ3) is 4.14. The molecule has 0 saturated carbocycles. The number of alkyl halides is 3. The van der Waals surface area contributed by atoms with Crippen molar-refractivity contribution in [3.63, 3.8) is 0 Å². The Hall–Kier alpha value is -3.31. The van der Waals surface area contributed by atoms with Crippen LogP contribution < -0.4 is 9.46 Å². The van der Waals surface area contributed by atoms with Gasteiger partial charge in [-0.2, -0.15) is 0 Å². The molecule has 2 aromatic carbocycles. The molecule has 0 bridgehead atoms. The third-order valence-corrected chi connectivity index (χ3v) is 6.10. The van der Waals surface area contributed by atoms with E-state index >= 15 is 0 Å². The molecule has 1 N–H and O–H groups in total. The van der Waals surface area contributed by atoms with Gasteiger partial charge in [-0.1, -0.05) is 0 Å². The van der Waals surface area contributed by atoms with Gasteiger partial charge in [-0.05, 0) is 49.5 Å². The molecule has 0 atom stereocenters. The fraction of sp³-hybridized carbons (Fsp3) is 0.150. The van der Waals surface area contributed by atoms with Crippen LogP contribution in [0.4, 0.5) is 13.2 Å². The third-order valence-electron chi connectivity index (χ3n) is 4.68. The van der Waals surface area contributed by atoms with E-state index in [1.807, 2.05) is 7.05 Å². The number of imidazole rings is 1. The molecule has 4 rings (SSSR count). The molecule has 0 fully saturated rings. The molecule has 0 amide bonds. The number of nitrogens with zero attached hydrogens (tertiary/aromatic N) is 3. The van der Waals surface area contributed by atoms with Crippen molar-refractivity contribution in [3.8, 4) is 22.7 Å². The average molecular weight is 450 g/mol. The fourth-order valence-corrected chi connectivity index (χ4v) is 4.03. The van der Waals surface area contributed by atoms with Gasteiger partial charge in [0.05, 0.1) is 22.4 Å². The number of hydrogen-bond acceptors (Lipinski definition) is 4. The van der Waals surface area contributed by atoms with E-state index in [1.54, 1.807) is 40.0 Å². The van der Waals surface area contributed by atoms with Crippen LogP contribution in [0.5, 0.6) is 5.75 Å². The molecule has 0 saturated heterocycles. The number of fused-ring (bicyclic) bond motifs is 1. The van der Waals surface area contributed by atoms with E-state index < -0.39 is 16.4 Å². The lowest BCUT2D eigenvalue weighted by atomic mass is 10.1. The molecule has 162 valence electrons. The number of halogens is 3. The summed E-state index contributed by atoms with van der Waals surface area (Å²) in [5.74, 6) is -0.333. The second kappa shape index (κ2) is 7.43. The minimum absolute atomic E-state index is 0.0892. The van der Waals surface area contributed by atoms with E-state index in [1.165, 1.54) is 37.4 Å². The van der Waals surface area contributed by atoms with Crippen molar-refractivity contribution >= 4 is 20.9 Å². The highest BCUT2D eigenvalue weighted by Gasteiger charge is 2.31. The van der Waals surface area contributed by atoms with Crippen LogP contribution >= 0.6 is 0 Å². The zero-order valence-corrected chi connectivity index (χ0v) is 17.2. The minimum atomic E-state index is -4.77. The molecule has 2 heterocycles. The number of rotatable bonds is 5. The Kier molecular flexibility index (Phi) is 5.02. The predicted molar refractivity (Wildman–Crippen MR) is 108 cm³/mol. The zero-order chi connectivity index (χ0) is 22.4. The summed E-state index contributed by atoms with van der Waals surface area (Å²) in [7, 11) is -0.530. The van der Waals surface area contributed by atoms with Crippen molar-refractivity contribution in [3.05, 3.63) is 61.2 Å². The van der Waals surface area contributed by atoms with Gasteiger partial charge in [-0.25, -0.2) is 18.1 Å². The van der Waals surface area contributed by atoms with Crippen molar-refractivity contribution < 1.29 is 26.3 Å². The highest BCUT2D eigenvalue weighted by molar-refractivity contribution is 7.89. The first-order valence-electron chi connectivity index (χ1n) is 9.00. The molecule has 0 aliphatic carbocycles. The first-order chi connectivity index (χ1) is 14.6. The Balaban J connectivity index is 1.88. The smallest absolute Gasteiger partial charge is 0.406 e. The largest absolute Gasteiger partial charge is 0.573 e. The predicted octanol–water partition coefficient (Wildman–Crippen LogP) is 3.84. The van der Waals surface area contributed by atoms with Crippen molar-refractivity contribution in [1.29, 1.82) is 0 Å². The summed E-state index contributed by atoms with van der Waals surface area (Å²) in [5, 5.41) is 0.630. The van der Waals surface area contributed by atoms with Crippen LogP contribution in [-0.4, -0.2) is 35.9 Å². The molecule has 7 nitrogen and oxygen atoms in total. The molecular weight excluding hydrogens is 433 g/mol. The van der Waals surface area contributed by atoms with E-state index in [9.17, 15) is 21.6 Å². The highest BCUT2D eigenvalue weighted by atomic mass is 32.2. The standard InChI is InChI=1S/C20H17F3N4O3S/c1-24-31(28,29)15-7-8-19-16(9-15)17(18-11-26(2)12-25-18)10-27(19)13-3-5-14(6-4-13)30-20(21,22)23/h3-12,24H,1-2H3. The fourth-order valence-electron chi connectivity index (χ4n) is 3.27. The highest BCUT2D eigenvalue weighted by Crippen LogP contribution is 2.34. The minimum Gasteiger partial charge on any atom is -0.406 e. The van der Waals surface area contributed by atoms with Crippen LogP contribution in [0.3, 0.4) is 0 Å². The summed E-state index contributed by atoms with van der Waals surface area (Å²) < 4.78 is 71.6. The second-order valence-electron chi connectivity index (χ2n) is 6.77. The first kappa shape index (κ1) is 20.9. The maximum absolute atomic E-state index is 12.4. The quantitative estimate of drug-likeness (QED) is 0.501. The molecule has 31 heavy (non-hydrogen) atoms. The Bertz CT molecular complexity index is 1360. The summed E-state index contributed by atoms with van der Waals surface area (Å²) in [6.45, 7) is 0. The summed E-state index contributed by atoms with van der Waals surface area (Å²) in [6.07, 6.45) is 0.403. The lowest BCUT2D eigenvalue weighted by Crippen LogP contribution is -2.18. The zero-order valence-electron chi connectivity index (χ0n) is 16.4. The molecule has 0 radical (unpaired) electrons. The summed E-state index contributed by atoms with van der Waals surface area (Å²) in [4.78, 5) is 4.44. The van der Waals surface area contributed by atoms with Crippen LogP contribution in [0, 0.1) is 0 Å². The Morgan fingerprint density at radius 1 is 1.06 bits per heavy atom. The van der Waals surface area contributed by atoms with E-state index in [-0.39, 0.29) is 10.6 Å².